The third-order valence-corrected chi connectivity index (χ3v) is 7.43. The molecule has 0 bridgehead atoms. The molecule has 184 valence electrons. The number of thioether (sulfide) groups is 1. The summed E-state index contributed by atoms with van der Waals surface area (Å²) in [7, 11) is 0. The van der Waals surface area contributed by atoms with E-state index in [1.807, 2.05) is 92.7 Å². The first-order valence-electron chi connectivity index (χ1n) is 11.6. The van der Waals surface area contributed by atoms with Gasteiger partial charge in [0, 0.05) is 33.4 Å². The maximum absolute atomic E-state index is 13.7. The summed E-state index contributed by atoms with van der Waals surface area (Å²) in [5, 5.41) is 3.75. The van der Waals surface area contributed by atoms with E-state index in [9.17, 15) is 9.59 Å². The molecule has 1 N–H and O–H groups in total. The van der Waals surface area contributed by atoms with Crippen molar-refractivity contribution in [2.24, 2.45) is 0 Å². The molecule has 0 heterocycles. The molecular formula is C28H30BrClN2O2S. The maximum atomic E-state index is 13.7. The summed E-state index contributed by atoms with van der Waals surface area (Å²) in [6, 6.07) is 24.5. The Morgan fingerprint density at radius 2 is 1.69 bits per heavy atom. The highest BCUT2D eigenvalue weighted by Gasteiger charge is 2.31. The van der Waals surface area contributed by atoms with Crippen molar-refractivity contribution in [1.29, 1.82) is 0 Å². The van der Waals surface area contributed by atoms with Gasteiger partial charge < -0.3 is 10.2 Å². The van der Waals surface area contributed by atoms with Crippen LogP contribution < -0.4 is 5.32 Å². The van der Waals surface area contributed by atoms with E-state index in [4.69, 9.17) is 11.6 Å². The molecule has 3 aromatic carbocycles. The van der Waals surface area contributed by atoms with Gasteiger partial charge in [-0.2, -0.15) is 0 Å². The van der Waals surface area contributed by atoms with Crippen molar-refractivity contribution in [3.8, 4) is 0 Å². The van der Waals surface area contributed by atoms with Crippen molar-refractivity contribution in [1.82, 2.24) is 10.2 Å². The second-order valence-corrected chi connectivity index (χ2v) is 10.8. The minimum atomic E-state index is -0.635. The van der Waals surface area contributed by atoms with E-state index in [-0.39, 0.29) is 23.6 Å². The fourth-order valence-corrected chi connectivity index (χ4v) is 4.94. The van der Waals surface area contributed by atoms with Gasteiger partial charge in [-0.15, -0.1) is 11.8 Å². The Hall–Kier alpha value is -2.28. The zero-order valence-corrected chi connectivity index (χ0v) is 23.1. The van der Waals surface area contributed by atoms with E-state index in [1.54, 1.807) is 4.90 Å². The Balaban J connectivity index is 1.90. The summed E-state index contributed by atoms with van der Waals surface area (Å²) < 4.78 is 0.932. The van der Waals surface area contributed by atoms with Gasteiger partial charge in [-0.1, -0.05) is 76.9 Å². The zero-order chi connectivity index (χ0) is 25.2. The first-order chi connectivity index (χ1) is 16.9. The maximum Gasteiger partial charge on any atom is 0.243 e. The van der Waals surface area contributed by atoms with E-state index in [2.05, 4.69) is 21.2 Å². The lowest BCUT2D eigenvalue weighted by Gasteiger charge is -2.32. The highest BCUT2D eigenvalue weighted by atomic mass is 79.9. The quantitative estimate of drug-likeness (QED) is 0.258. The molecule has 0 aliphatic carbocycles. The normalized spacial score (nSPS) is 12.6. The largest absolute Gasteiger partial charge is 0.352 e. The van der Waals surface area contributed by atoms with Crippen molar-refractivity contribution < 1.29 is 9.59 Å². The van der Waals surface area contributed by atoms with Crippen molar-refractivity contribution in [2.75, 3.05) is 5.75 Å². The Kier molecular flexibility index (Phi) is 10.7. The first kappa shape index (κ1) is 27.3. The van der Waals surface area contributed by atoms with Gasteiger partial charge in [0.25, 0.3) is 0 Å². The molecule has 2 unspecified atom stereocenters. The number of hydrogen-bond acceptors (Lipinski definition) is 3. The summed E-state index contributed by atoms with van der Waals surface area (Å²) in [4.78, 5) is 29.8. The molecule has 0 aliphatic rings. The molecule has 0 aliphatic heterocycles. The summed E-state index contributed by atoms with van der Waals surface area (Å²) in [5.41, 5.74) is 1.97. The van der Waals surface area contributed by atoms with Crippen LogP contribution in [-0.2, 0) is 22.6 Å². The van der Waals surface area contributed by atoms with E-state index < -0.39 is 6.04 Å². The monoisotopic (exact) mass is 572 g/mol. The molecule has 3 aromatic rings. The molecule has 7 heteroatoms. The molecule has 2 amide bonds. The Labute approximate surface area is 225 Å². The predicted molar refractivity (Wildman–Crippen MR) is 149 cm³/mol. The summed E-state index contributed by atoms with van der Waals surface area (Å²) in [6.07, 6.45) is 1.25. The number of carbonyl (C=O) groups is 2. The molecule has 0 spiro atoms. The van der Waals surface area contributed by atoms with E-state index in [0.29, 0.717) is 18.0 Å². The lowest BCUT2D eigenvalue weighted by atomic mass is 10.0. The van der Waals surface area contributed by atoms with Gasteiger partial charge in [0.15, 0.2) is 0 Å². The number of nitrogens with zero attached hydrogens (tertiary/aromatic N) is 1. The second kappa shape index (κ2) is 13.7. The fraction of sp³-hybridized carbons (Fsp3) is 0.286. The first-order valence-corrected chi connectivity index (χ1v) is 13.8. The van der Waals surface area contributed by atoms with Crippen LogP contribution in [0.5, 0.6) is 0 Å². The van der Waals surface area contributed by atoms with Crippen LogP contribution in [0.3, 0.4) is 0 Å². The molecule has 2 atom stereocenters. The Morgan fingerprint density at radius 3 is 2.34 bits per heavy atom. The van der Waals surface area contributed by atoms with Crippen LogP contribution in [0.15, 0.2) is 88.2 Å². The SMILES string of the molecule is CCC(C)NC(=O)C(Cc1ccccc1)N(Cc1cccc(Br)c1)C(=O)CSc1ccc(Cl)cc1. The van der Waals surface area contributed by atoms with Gasteiger partial charge in [0.05, 0.1) is 5.75 Å². The Morgan fingerprint density at radius 1 is 1.00 bits per heavy atom. The van der Waals surface area contributed by atoms with Crippen LogP contribution >= 0.6 is 39.3 Å². The number of hydrogen-bond donors (Lipinski definition) is 1. The summed E-state index contributed by atoms with van der Waals surface area (Å²) >= 11 is 11.0. The van der Waals surface area contributed by atoms with Gasteiger partial charge in [0.1, 0.15) is 6.04 Å². The number of halogens is 2. The van der Waals surface area contributed by atoms with Crippen molar-refractivity contribution in [3.63, 3.8) is 0 Å². The number of nitrogens with one attached hydrogen (secondary N) is 1. The van der Waals surface area contributed by atoms with Crippen LogP contribution in [0.1, 0.15) is 31.4 Å². The van der Waals surface area contributed by atoms with E-state index in [0.717, 1.165) is 26.9 Å². The summed E-state index contributed by atoms with van der Waals surface area (Å²) in [5.74, 6) is -0.00874. The molecule has 35 heavy (non-hydrogen) atoms. The molecule has 0 aromatic heterocycles. The molecule has 3 rings (SSSR count). The van der Waals surface area contributed by atoms with Crippen LogP contribution in [0.4, 0.5) is 0 Å². The second-order valence-electron chi connectivity index (χ2n) is 8.42. The predicted octanol–water partition coefficient (Wildman–Crippen LogP) is 6.75. The number of rotatable bonds is 11. The molecule has 0 fully saturated rings. The third kappa shape index (κ3) is 8.71. The molecule has 4 nitrogen and oxygen atoms in total. The lowest BCUT2D eigenvalue weighted by Crippen LogP contribution is -2.52. The molecule has 0 radical (unpaired) electrons. The van der Waals surface area contributed by atoms with Crippen molar-refractivity contribution in [2.45, 2.75) is 50.2 Å². The standard InChI is InChI=1S/C28H30BrClN2O2S/c1-3-20(2)31-28(34)26(17-21-8-5-4-6-9-21)32(18-22-10-7-11-23(29)16-22)27(33)19-35-25-14-12-24(30)13-15-25/h4-16,20,26H,3,17-19H2,1-2H3,(H,31,34). The molecule has 0 saturated carbocycles. The average molecular weight is 574 g/mol. The van der Waals surface area contributed by atoms with Gasteiger partial charge in [-0.05, 0) is 60.9 Å². The highest BCUT2D eigenvalue weighted by Crippen LogP contribution is 2.23. The van der Waals surface area contributed by atoms with E-state index >= 15 is 0 Å². The third-order valence-electron chi connectivity index (χ3n) is 5.69. The fourth-order valence-electron chi connectivity index (χ4n) is 3.59. The molecular weight excluding hydrogens is 544 g/mol. The minimum absolute atomic E-state index is 0.0204. The smallest absolute Gasteiger partial charge is 0.243 e. The van der Waals surface area contributed by atoms with Gasteiger partial charge >= 0.3 is 0 Å². The number of carbonyl (C=O) groups excluding carboxylic acids is 2. The van der Waals surface area contributed by atoms with Crippen LogP contribution in [0, 0.1) is 0 Å². The average Bonchev–Trinajstić information content (AvgIpc) is 2.86. The van der Waals surface area contributed by atoms with Gasteiger partial charge in [0.2, 0.25) is 11.8 Å². The minimum Gasteiger partial charge on any atom is -0.352 e. The molecule has 0 saturated heterocycles. The highest BCUT2D eigenvalue weighted by molar-refractivity contribution is 9.10. The van der Waals surface area contributed by atoms with Crippen LogP contribution in [0.2, 0.25) is 5.02 Å². The Bertz CT molecular complexity index is 1110. The van der Waals surface area contributed by atoms with Crippen molar-refractivity contribution >= 4 is 51.1 Å². The topological polar surface area (TPSA) is 49.4 Å². The van der Waals surface area contributed by atoms with E-state index in [1.165, 1.54) is 11.8 Å². The lowest BCUT2D eigenvalue weighted by molar-refractivity contribution is -0.139. The zero-order valence-electron chi connectivity index (χ0n) is 19.9. The van der Waals surface area contributed by atoms with Gasteiger partial charge in [-0.3, -0.25) is 9.59 Å². The van der Waals surface area contributed by atoms with Crippen molar-refractivity contribution in [3.05, 3.63) is 99.5 Å². The van der Waals surface area contributed by atoms with Gasteiger partial charge in [-0.25, -0.2) is 0 Å². The van der Waals surface area contributed by atoms with Crippen LogP contribution in [0.25, 0.3) is 0 Å². The number of amides is 2. The summed E-state index contributed by atoms with van der Waals surface area (Å²) in [6.45, 7) is 4.35. The number of benzene rings is 3. The van der Waals surface area contributed by atoms with Crippen LogP contribution in [-0.4, -0.2) is 34.6 Å².